The molecule has 166 valence electrons. The third-order valence-electron chi connectivity index (χ3n) is 4.49. The molecule has 0 atom stereocenters. The lowest BCUT2D eigenvalue weighted by atomic mass is 10.2. The Morgan fingerprint density at radius 1 is 1.32 bits per heavy atom. The van der Waals surface area contributed by atoms with Crippen molar-refractivity contribution in [3.63, 3.8) is 0 Å². The summed E-state index contributed by atoms with van der Waals surface area (Å²) in [5.41, 5.74) is 2.42. The summed E-state index contributed by atoms with van der Waals surface area (Å²) in [5, 5.41) is 25.6. The molecule has 0 aliphatic carbocycles. The van der Waals surface area contributed by atoms with E-state index in [0.717, 1.165) is 6.07 Å². The van der Waals surface area contributed by atoms with Gasteiger partial charge in [0.05, 0.1) is 35.9 Å². The Morgan fingerprint density at radius 2 is 2.06 bits per heavy atom. The molecule has 0 unspecified atom stereocenters. The zero-order chi connectivity index (χ0) is 22.4. The quantitative estimate of drug-likeness (QED) is 0.354. The number of ether oxygens (including phenoxy) is 2. The van der Waals surface area contributed by atoms with Crippen LogP contribution in [-0.2, 0) is 14.8 Å². The van der Waals surface area contributed by atoms with Gasteiger partial charge in [-0.1, -0.05) is 6.07 Å². The molecule has 0 spiro atoms. The van der Waals surface area contributed by atoms with Crippen LogP contribution in [0.15, 0.2) is 46.4 Å². The maximum Gasteiger partial charge on any atom is 0.295 e. The van der Waals surface area contributed by atoms with E-state index in [0.29, 0.717) is 12.2 Å². The first-order chi connectivity index (χ1) is 14.8. The van der Waals surface area contributed by atoms with E-state index in [-0.39, 0.29) is 48.4 Å². The van der Waals surface area contributed by atoms with Crippen LogP contribution >= 0.6 is 0 Å². The van der Waals surface area contributed by atoms with Gasteiger partial charge in [-0.15, -0.1) is 0 Å². The van der Waals surface area contributed by atoms with E-state index < -0.39 is 20.6 Å². The molecule has 0 saturated carbocycles. The molecule has 3 rings (SSSR count). The highest BCUT2D eigenvalue weighted by atomic mass is 32.2. The maximum atomic E-state index is 12.8. The number of anilines is 1. The zero-order valence-corrected chi connectivity index (χ0v) is 17.5. The second-order valence-corrected chi connectivity index (χ2v) is 8.39. The van der Waals surface area contributed by atoms with Crippen molar-refractivity contribution in [1.29, 1.82) is 0 Å². The van der Waals surface area contributed by atoms with E-state index in [1.54, 1.807) is 25.1 Å². The Kier molecular flexibility index (Phi) is 7.05. The first kappa shape index (κ1) is 22.5. The molecule has 1 heterocycles. The Bertz CT molecular complexity index is 1080. The van der Waals surface area contributed by atoms with Crippen molar-refractivity contribution in [1.82, 2.24) is 4.31 Å². The minimum absolute atomic E-state index is 0.00244. The summed E-state index contributed by atoms with van der Waals surface area (Å²) in [6.45, 7) is 3.07. The van der Waals surface area contributed by atoms with E-state index in [1.165, 1.54) is 22.7 Å². The van der Waals surface area contributed by atoms with E-state index in [1.807, 2.05) is 0 Å². The molecule has 31 heavy (non-hydrogen) atoms. The minimum Gasteiger partial charge on any atom is -0.504 e. The SMILES string of the molecule is CCOc1cccc(/C=N/Nc2ccc(S(=O)(=O)N3CCOCC3)cc2[N+](=O)[O-])c1O. The molecule has 1 aliphatic rings. The predicted octanol–water partition coefficient (Wildman–Crippen LogP) is 2.17. The van der Waals surface area contributed by atoms with Crippen molar-refractivity contribution in [2.75, 3.05) is 38.3 Å². The zero-order valence-electron chi connectivity index (χ0n) is 16.7. The number of nitro groups is 1. The average molecular weight is 450 g/mol. The van der Waals surface area contributed by atoms with Crippen LogP contribution in [0.3, 0.4) is 0 Å². The number of benzene rings is 2. The number of phenolic OH excluding ortho intramolecular Hbond substituents is 1. The maximum absolute atomic E-state index is 12.8. The number of rotatable bonds is 8. The number of nitrogens with one attached hydrogen (secondary N) is 1. The molecular weight excluding hydrogens is 428 g/mol. The highest BCUT2D eigenvalue weighted by molar-refractivity contribution is 7.89. The second-order valence-electron chi connectivity index (χ2n) is 6.45. The highest BCUT2D eigenvalue weighted by Gasteiger charge is 2.28. The molecule has 1 fully saturated rings. The van der Waals surface area contributed by atoms with Crippen LogP contribution in [0.5, 0.6) is 11.5 Å². The monoisotopic (exact) mass is 450 g/mol. The summed E-state index contributed by atoms with van der Waals surface area (Å²) in [6.07, 6.45) is 1.28. The number of hydrogen-bond acceptors (Lipinski definition) is 9. The standard InChI is InChI=1S/C19H22N4O7S/c1-2-30-18-5-3-4-14(19(18)24)13-20-21-16-7-6-15(12-17(16)23(25)26)31(27,28)22-8-10-29-11-9-22/h3-7,12-13,21,24H,2,8-11H2,1H3/b20-13+. The molecule has 12 heteroatoms. The summed E-state index contributed by atoms with van der Waals surface area (Å²) in [5.74, 6) is 0.173. The van der Waals surface area contributed by atoms with Gasteiger partial charge in [0.1, 0.15) is 5.69 Å². The lowest BCUT2D eigenvalue weighted by molar-refractivity contribution is -0.384. The molecule has 2 aromatic carbocycles. The van der Waals surface area contributed by atoms with E-state index in [9.17, 15) is 23.6 Å². The fourth-order valence-electron chi connectivity index (χ4n) is 2.94. The number of nitrogens with zero attached hydrogens (tertiary/aromatic N) is 3. The molecule has 2 aromatic rings. The molecule has 0 bridgehead atoms. The Morgan fingerprint density at radius 3 is 2.74 bits per heavy atom. The minimum atomic E-state index is -3.88. The van der Waals surface area contributed by atoms with Crippen LogP contribution in [0.25, 0.3) is 0 Å². The lowest BCUT2D eigenvalue weighted by Gasteiger charge is -2.26. The number of nitro benzene ring substituents is 1. The van der Waals surface area contributed by atoms with Crippen LogP contribution in [0.2, 0.25) is 0 Å². The van der Waals surface area contributed by atoms with Crippen molar-refractivity contribution in [3.05, 3.63) is 52.1 Å². The largest absolute Gasteiger partial charge is 0.504 e. The molecule has 2 N–H and O–H groups in total. The molecule has 0 radical (unpaired) electrons. The van der Waals surface area contributed by atoms with Crippen LogP contribution in [0.1, 0.15) is 12.5 Å². The van der Waals surface area contributed by atoms with Crippen LogP contribution < -0.4 is 10.2 Å². The number of morpholine rings is 1. The first-order valence-corrected chi connectivity index (χ1v) is 10.9. The van der Waals surface area contributed by atoms with Crippen LogP contribution in [-0.4, -0.2) is 61.9 Å². The van der Waals surface area contributed by atoms with Crippen molar-refractivity contribution in [2.24, 2.45) is 5.10 Å². The Hall–Kier alpha value is -3.22. The normalized spacial score (nSPS) is 15.1. The van der Waals surface area contributed by atoms with Gasteiger partial charge in [0, 0.05) is 24.7 Å². The Labute approximate surface area is 179 Å². The van der Waals surface area contributed by atoms with Gasteiger partial charge in [-0.2, -0.15) is 9.41 Å². The van der Waals surface area contributed by atoms with Gasteiger partial charge in [0.2, 0.25) is 10.0 Å². The number of aromatic hydroxyl groups is 1. The molecule has 1 aliphatic heterocycles. The van der Waals surface area contributed by atoms with Crippen molar-refractivity contribution >= 4 is 27.6 Å². The van der Waals surface area contributed by atoms with Gasteiger partial charge in [-0.3, -0.25) is 15.5 Å². The summed E-state index contributed by atoms with van der Waals surface area (Å²) in [6, 6.07) is 8.41. The van der Waals surface area contributed by atoms with Gasteiger partial charge in [0.15, 0.2) is 11.5 Å². The highest BCUT2D eigenvalue weighted by Crippen LogP contribution is 2.30. The smallest absolute Gasteiger partial charge is 0.295 e. The number of para-hydroxylation sites is 1. The third-order valence-corrected chi connectivity index (χ3v) is 6.39. The van der Waals surface area contributed by atoms with Crippen LogP contribution in [0, 0.1) is 10.1 Å². The van der Waals surface area contributed by atoms with Crippen molar-refractivity contribution in [2.45, 2.75) is 11.8 Å². The van der Waals surface area contributed by atoms with E-state index in [2.05, 4.69) is 10.5 Å². The summed E-state index contributed by atoms with van der Waals surface area (Å²) < 4.78 is 37.2. The van der Waals surface area contributed by atoms with Gasteiger partial charge >= 0.3 is 0 Å². The molecular formula is C19H22N4O7S. The second kappa shape index (κ2) is 9.73. The number of phenols is 1. The van der Waals surface area contributed by atoms with E-state index >= 15 is 0 Å². The van der Waals surface area contributed by atoms with Gasteiger partial charge in [-0.05, 0) is 31.2 Å². The fraction of sp³-hybridized carbons (Fsp3) is 0.316. The summed E-state index contributed by atoms with van der Waals surface area (Å²) in [4.78, 5) is 10.6. The van der Waals surface area contributed by atoms with Crippen molar-refractivity contribution in [3.8, 4) is 11.5 Å². The molecule has 0 aromatic heterocycles. The van der Waals surface area contributed by atoms with Gasteiger partial charge in [0.25, 0.3) is 5.69 Å². The number of hydrogen-bond donors (Lipinski definition) is 2. The predicted molar refractivity (Wildman–Crippen MR) is 113 cm³/mol. The molecule has 0 amide bonds. The topological polar surface area (TPSA) is 144 Å². The van der Waals surface area contributed by atoms with Gasteiger partial charge < -0.3 is 14.6 Å². The average Bonchev–Trinajstić information content (AvgIpc) is 2.77. The Balaban J connectivity index is 1.83. The number of hydrazone groups is 1. The van der Waals surface area contributed by atoms with E-state index in [4.69, 9.17) is 9.47 Å². The fourth-order valence-corrected chi connectivity index (χ4v) is 4.37. The van der Waals surface area contributed by atoms with Crippen LogP contribution in [0.4, 0.5) is 11.4 Å². The molecule has 1 saturated heterocycles. The van der Waals surface area contributed by atoms with Gasteiger partial charge in [-0.25, -0.2) is 8.42 Å². The van der Waals surface area contributed by atoms with Crippen molar-refractivity contribution < 1.29 is 27.9 Å². The third kappa shape index (κ3) is 5.10. The number of sulfonamides is 1. The summed E-state index contributed by atoms with van der Waals surface area (Å²) >= 11 is 0. The first-order valence-electron chi connectivity index (χ1n) is 9.44. The molecule has 11 nitrogen and oxygen atoms in total. The summed E-state index contributed by atoms with van der Waals surface area (Å²) in [7, 11) is -3.88. The lowest BCUT2D eigenvalue weighted by Crippen LogP contribution is -2.40.